The second-order valence-corrected chi connectivity index (χ2v) is 8.72. The van der Waals surface area contributed by atoms with Crippen LogP contribution < -0.4 is 21.9 Å². The van der Waals surface area contributed by atoms with Crippen molar-refractivity contribution in [2.24, 2.45) is 0 Å². The minimum Gasteiger partial charge on any atom is -0.383 e. The second kappa shape index (κ2) is 10.5. The zero-order valence-electron chi connectivity index (χ0n) is 19.3. The zero-order chi connectivity index (χ0) is 24.9. The molecule has 9 nitrogen and oxygen atoms in total. The van der Waals surface area contributed by atoms with Crippen LogP contribution >= 0.6 is 11.8 Å². The average Bonchev–Trinajstić information content (AvgIpc) is 3.21. The summed E-state index contributed by atoms with van der Waals surface area (Å²) in [5.74, 6) is -0.344. The van der Waals surface area contributed by atoms with E-state index < -0.39 is 11.2 Å². The van der Waals surface area contributed by atoms with E-state index in [9.17, 15) is 14.4 Å². The molecule has 0 fully saturated rings. The van der Waals surface area contributed by atoms with Gasteiger partial charge in [-0.05, 0) is 24.6 Å². The smallest absolute Gasteiger partial charge is 0.330 e. The molecule has 0 saturated heterocycles. The lowest BCUT2D eigenvalue weighted by molar-refractivity contribution is -0.116. The third-order valence-electron chi connectivity index (χ3n) is 5.54. The van der Waals surface area contributed by atoms with Crippen LogP contribution in [0.1, 0.15) is 12.5 Å². The molecule has 0 unspecified atom stereocenters. The number of aromatic nitrogens is 4. The van der Waals surface area contributed by atoms with Gasteiger partial charge in [-0.2, -0.15) is 0 Å². The molecule has 0 bridgehead atoms. The minimum absolute atomic E-state index is 0.0327. The number of anilines is 2. The number of H-pyrrole nitrogens is 1. The van der Waals surface area contributed by atoms with Gasteiger partial charge in [-0.1, -0.05) is 60.3 Å². The van der Waals surface area contributed by atoms with Gasteiger partial charge in [0.1, 0.15) is 5.82 Å². The summed E-state index contributed by atoms with van der Waals surface area (Å²) in [6, 6.07) is 17.0. The van der Waals surface area contributed by atoms with Gasteiger partial charge >= 0.3 is 5.69 Å². The average molecular weight is 491 g/mol. The van der Waals surface area contributed by atoms with E-state index in [1.165, 1.54) is 21.2 Å². The number of nitrogens with two attached hydrogens (primary N) is 1. The van der Waals surface area contributed by atoms with Crippen molar-refractivity contribution in [2.45, 2.75) is 25.2 Å². The first-order valence-corrected chi connectivity index (χ1v) is 12.1. The molecule has 0 aliphatic carbocycles. The number of carbonyl (C=O) groups excluding carboxylic acids is 1. The highest BCUT2D eigenvalue weighted by atomic mass is 32.2. The highest BCUT2D eigenvalue weighted by molar-refractivity contribution is 7.99. The molecule has 180 valence electrons. The van der Waals surface area contributed by atoms with Crippen LogP contribution in [-0.4, -0.2) is 37.3 Å². The molecule has 2 heterocycles. The van der Waals surface area contributed by atoms with Crippen LogP contribution in [0, 0.1) is 0 Å². The number of thioether (sulfide) groups is 1. The largest absolute Gasteiger partial charge is 0.383 e. The number of para-hydroxylation sites is 2. The molecule has 35 heavy (non-hydrogen) atoms. The number of nitrogens with one attached hydrogen (secondary N) is 1. The Morgan fingerprint density at radius 1 is 1.14 bits per heavy atom. The first kappa shape index (κ1) is 24.1. The van der Waals surface area contributed by atoms with Gasteiger partial charge in [0.25, 0.3) is 5.56 Å². The quantitative estimate of drug-likeness (QED) is 0.275. The number of carbonyl (C=O) groups is 1. The molecule has 10 heteroatoms. The van der Waals surface area contributed by atoms with Crippen LogP contribution in [0.5, 0.6) is 0 Å². The Balaban J connectivity index is 1.62. The number of imidazole rings is 1. The Morgan fingerprint density at radius 3 is 2.57 bits per heavy atom. The van der Waals surface area contributed by atoms with Crippen molar-refractivity contribution in [3.63, 3.8) is 0 Å². The van der Waals surface area contributed by atoms with E-state index in [0.717, 1.165) is 16.6 Å². The van der Waals surface area contributed by atoms with E-state index in [1.54, 1.807) is 13.0 Å². The summed E-state index contributed by atoms with van der Waals surface area (Å²) in [5, 5.41) is 0.673. The minimum atomic E-state index is -0.698. The molecule has 0 atom stereocenters. The van der Waals surface area contributed by atoms with E-state index in [-0.39, 0.29) is 36.3 Å². The van der Waals surface area contributed by atoms with Crippen molar-refractivity contribution in [1.29, 1.82) is 0 Å². The second-order valence-electron chi connectivity index (χ2n) is 7.77. The lowest BCUT2D eigenvalue weighted by atomic mass is 10.2. The third kappa shape index (κ3) is 4.92. The maximum absolute atomic E-state index is 13.2. The van der Waals surface area contributed by atoms with E-state index >= 15 is 0 Å². The maximum Gasteiger partial charge on any atom is 0.330 e. The van der Waals surface area contributed by atoms with E-state index in [2.05, 4.69) is 16.5 Å². The molecule has 0 spiro atoms. The molecule has 3 N–H and O–H groups in total. The van der Waals surface area contributed by atoms with Gasteiger partial charge < -0.3 is 15.2 Å². The van der Waals surface area contributed by atoms with Crippen LogP contribution in [-0.2, 0) is 17.9 Å². The standard InChI is InChI=1S/C25H26N6O3S/c1-3-14-30-19-13-9-8-12-18(19)27-25(30)35-16-20(32)29(4-2)21-22(26)31(24(34)28-23(21)33)15-17-10-6-5-7-11-17/h3,5-13H,1,4,14-16,26H2,2H3,(H,28,33,34). The number of amides is 1. The fraction of sp³-hybridized carbons (Fsp3) is 0.200. The van der Waals surface area contributed by atoms with Gasteiger partial charge in [-0.25, -0.2) is 9.78 Å². The molecule has 0 saturated carbocycles. The Labute approximate surface area is 205 Å². The van der Waals surface area contributed by atoms with Crippen LogP contribution in [0.25, 0.3) is 11.0 Å². The molecule has 2 aromatic heterocycles. The number of fused-ring (bicyclic) bond motifs is 1. The van der Waals surface area contributed by atoms with Crippen molar-refractivity contribution in [3.05, 3.63) is 93.7 Å². The number of rotatable bonds is 9. The molecule has 2 aromatic carbocycles. The predicted octanol–water partition coefficient (Wildman–Crippen LogP) is 2.85. The van der Waals surface area contributed by atoms with Crippen molar-refractivity contribution >= 4 is 40.2 Å². The highest BCUT2D eigenvalue weighted by Gasteiger charge is 2.24. The summed E-state index contributed by atoms with van der Waals surface area (Å²) in [6.07, 6.45) is 1.77. The van der Waals surface area contributed by atoms with Gasteiger partial charge in [-0.3, -0.25) is 19.1 Å². The molecular weight excluding hydrogens is 464 g/mol. The maximum atomic E-state index is 13.2. The fourth-order valence-electron chi connectivity index (χ4n) is 3.89. The number of allylic oxidation sites excluding steroid dienone is 1. The molecular formula is C25H26N6O3S. The van der Waals surface area contributed by atoms with Gasteiger partial charge in [0.2, 0.25) is 5.91 Å². The van der Waals surface area contributed by atoms with Crippen molar-refractivity contribution in [1.82, 2.24) is 19.1 Å². The number of benzene rings is 2. The first-order valence-electron chi connectivity index (χ1n) is 11.1. The first-order chi connectivity index (χ1) is 16.9. The molecule has 4 rings (SSSR count). The molecule has 0 radical (unpaired) electrons. The molecule has 0 aliphatic rings. The van der Waals surface area contributed by atoms with Gasteiger partial charge in [0, 0.05) is 13.1 Å². The third-order valence-corrected chi connectivity index (χ3v) is 6.50. The number of hydrogen-bond donors (Lipinski definition) is 2. The zero-order valence-corrected chi connectivity index (χ0v) is 20.1. The lowest BCUT2D eigenvalue weighted by Gasteiger charge is -2.23. The van der Waals surface area contributed by atoms with E-state index in [4.69, 9.17) is 5.73 Å². The van der Waals surface area contributed by atoms with E-state index in [1.807, 2.05) is 59.2 Å². The lowest BCUT2D eigenvalue weighted by Crippen LogP contribution is -2.41. The Kier molecular flexibility index (Phi) is 7.21. The Morgan fingerprint density at radius 2 is 1.86 bits per heavy atom. The Hall–Kier alpha value is -4.05. The summed E-state index contributed by atoms with van der Waals surface area (Å²) < 4.78 is 3.25. The SMILES string of the molecule is C=CCn1c(SCC(=O)N(CC)c2c(N)n(Cc3ccccc3)c(=O)[nH]c2=O)nc2ccccc21. The van der Waals surface area contributed by atoms with Crippen LogP contribution in [0.4, 0.5) is 11.5 Å². The molecule has 1 amide bonds. The normalized spacial score (nSPS) is 11.0. The van der Waals surface area contributed by atoms with E-state index in [0.29, 0.717) is 11.7 Å². The van der Waals surface area contributed by atoms with Crippen LogP contribution in [0.3, 0.4) is 0 Å². The van der Waals surface area contributed by atoms with Crippen LogP contribution in [0.15, 0.2) is 82.0 Å². The summed E-state index contributed by atoms with van der Waals surface area (Å²) >= 11 is 1.27. The van der Waals surface area contributed by atoms with Crippen molar-refractivity contribution in [2.75, 3.05) is 22.9 Å². The molecule has 0 aliphatic heterocycles. The van der Waals surface area contributed by atoms with Crippen molar-refractivity contribution in [3.8, 4) is 0 Å². The molecule has 4 aromatic rings. The summed E-state index contributed by atoms with van der Waals surface area (Å²) in [6.45, 7) is 6.49. The fourth-order valence-corrected chi connectivity index (χ4v) is 4.79. The number of nitrogen functional groups attached to an aromatic ring is 1. The number of nitrogens with zero attached hydrogens (tertiary/aromatic N) is 4. The van der Waals surface area contributed by atoms with Gasteiger partial charge in [0.15, 0.2) is 10.8 Å². The van der Waals surface area contributed by atoms with Crippen molar-refractivity contribution < 1.29 is 4.79 Å². The summed E-state index contributed by atoms with van der Waals surface area (Å²) in [5.41, 5.74) is 7.53. The summed E-state index contributed by atoms with van der Waals surface area (Å²) in [7, 11) is 0. The summed E-state index contributed by atoms with van der Waals surface area (Å²) in [4.78, 5) is 46.7. The highest BCUT2D eigenvalue weighted by Crippen LogP contribution is 2.26. The monoisotopic (exact) mass is 490 g/mol. The number of hydrogen-bond acceptors (Lipinski definition) is 6. The number of aromatic amines is 1. The van der Waals surface area contributed by atoms with Crippen LogP contribution in [0.2, 0.25) is 0 Å². The van der Waals surface area contributed by atoms with Gasteiger partial charge in [-0.15, -0.1) is 6.58 Å². The Bertz CT molecular complexity index is 1490. The predicted molar refractivity (Wildman–Crippen MR) is 140 cm³/mol. The topological polar surface area (TPSA) is 119 Å². The van der Waals surface area contributed by atoms with Gasteiger partial charge in [0.05, 0.1) is 23.3 Å².